The Hall–Kier alpha value is -1.49. The predicted octanol–water partition coefficient (Wildman–Crippen LogP) is -1.23. The van der Waals surface area contributed by atoms with Crippen LogP contribution in [0.1, 0.15) is 18.9 Å². The van der Waals surface area contributed by atoms with Crippen LogP contribution in [0, 0.1) is 0 Å². The third-order valence-corrected chi connectivity index (χ3v) is 3.18. The van der Waals surface area contributed by atoms with Gasteiger partial charge in [-0.3, -0.25) is 4.79 Å². The predicted molar refractivity (Wildman–Crippen MR) is 69.5 cm³/mol. The minimum atomic E-state index is -0.371. The van der Waals surface area contributed by atoms with Crippen LogP contribution in [0.5, 0.6) is 0 Å². The highest BCUT2D eigenvalue weighted by atomic mass is 35.5. The van der Waals surface area contributed by atoms with Gasteiger partial charge in [-0.05, 0) is 11.5 Å². The van der Waals surface area contributed by atoms with E-state index in [-0.39, 0.29) is 24.5 Å². The summed E-state index contributed by atoms with van der Waals surface area (Å²) in [4.78, 5) is 11.4. The van der Waals surface area contributed by atoms with E-state index in [1.54, 1.807) is 6.92 Å². The fraction of sp³-hybridized carbons (Fsp3) is 0.333. The molecule has 0 aliphatic carbocycles. The standard InChI is InChI=1S/C15H16NO3.ClH/c1-11(17)9-16-10-13-5-3-2-4-12(13)8-14(16)15-18-6-7-19-15;/h2-5,8,10,15H,6-7,9H2,1H3;1H/q+1;/p-1. The van der Waals surface area contributed by atoms with Gasteiger partial charge < -0.3 is 21.9 Å². The highest BCUT2D eigenvalue weighted by Gasteiger charge is 2.28. The Bertz CT molecular complexity index is 624. The largest absolute Gasteiger partial charge is 1.00 e. The molecule has 0 N–H and O–H groups in total. The van der Waals surface area contributed by atoms with Gasteiger partial charge in [0.25, 0.3) is 0 Å². The first-order valence-corrected chi connectivity index (χ1v) is 6.39. The summed E-state index contributed by atoms with van der Waals surface area (Å²) >= 11 is 0. The third-order valence-electron chi connectivity index (χ3n) is 3.18. The van der Waals surface area contributed by atoms with Gasteiger partial charge in [0.2, 0.25) is 18.5 Å². The van der Waals surface area contributed by atoms with Gasteiger partial charge >= 0.3 is 0 Å². The number of hydrogen-bond acceptors (Lipinski definition) is 3. The van der Waals surface area contributed by atoms with Crippen LogP contribution in [0.25, 0.3) is 10.8 Å². The molecule has 0 amide bonds. The topological polar surface area (TPSA) is 39.4 Å². The van der Waals surface area contributed by atoms with Crippen molar-refractivity contribution in [3.63, 3.8) is 0 Å². The molecule has 1 fully saturated rings. The zero-order valence-electron chi connectivity index (χ0n) is 11.2. The number of benzene rings is 1. The van der Waals surface area contributed by atoms with Crippen molar-refractivity contribution in [3.05, 3.63) is 42.2 Å². The number of pyridine rings is 1. The molecule has 106 valence electrons. The summed E-state index contributed by atoms with van der Waals surface area (Å²) < 4.78 is 13.0. The summed E-state index contributed by atoms with van der Waals surface area (Å²) in [6.45, 7) is 3.11. The van der Waals surface area contributed by atoms with Crippen molar-refractivity contribution in [3.8, 4) is 0 Å². The first-order valence-electron chi connectivity index (χ1n) is 6.39. The lowest BCUT2D eigenvalue weighted by Crippen LogP contribution is -3.00. The Morgan fingerprint density at radius 1 is 1.25 bits per heavy atom. The number of rotatable bonds is 3. The number of hydrogen-bond donors (Lipinski definition) is 0. The summed E-state index contributed by atoms with van der Waals surface area (Å²) in [5, 5.41) is 2.22. The summed E-state index contributed by atoms with van der Waals surface area (Å²) in [6.07, 6.45) is 1.61. The molecule has 4 nitrogen and oxygen atoms in total. The van der Waals surface area contributed by atoms with E-state index in [1.165, 1.54) is 0 Å². The fourth-order valence-corrected chi connectivity index (χ4v) is 2.35. The molecule has 1 aromatic carbocycles. The molecule has 0 spiro atoms. The quantitative estimate of drug-likeness (QED) is 0.665. The lowest BCUT2D eigenvalue weighted by molar-refractivity contribution is -0.696. The maximum absolute atomic E-state index is 11.4. The summed E-state index contributed by atoms with van der Waals surface area (Å²) in [5.74, 6) is 0.111. The average molecular weight is 294 g/mol. The smallest absolute Gasteiger partial charge is 0.245 e. The Labute approximate surface area is 123 Å². The molecule has 0 radical (unpaired) electrons. The van der Waals surface area contributed by atoms with Crippen LogP contribution in [0.2, 0.25) is 0 Å². The summed E-state index contributed by atoms with van der Waals surface area (Å²) in [5.41, 5.74) is 0.895. The maximum Gasteiger partial charge on any atom is 0.245 e. The van der Waals surface area contributed by atoms with Gasteiger partial charge in [-0.15, -0.1) is 0 Å². The first-order chi connectivity index (χ1) is 9.24. The lowest BCUT2D eigenvalue weighted by atomic mass is 10.1. The van der Waals surface area contributed by atoms with Crippen LogP contribution in [0.3, 0.4) is 0 Å². The van der Waals surface area contributed by atoms with Crippen molar-refractivity contribution >= 4 is 16.6 Å². The van der Waals surface area contributed by atoms with Crippen LogP contribution < -0.4 is 17.0 Å². The van der Waals surface area contributed by atoms with Gasteiger partial charge in [-0.2, -0.15) is 4.57 Å². The average Bonchev–Trinajstić information content (AvgIpc) is 2.91. The van der Waals surface area contributed by atoms with E-state index in [0.717, 1.165) is 16.5 Å². The van der Waals surface area contributed by atoms with Gasteiger partial charge in [-0.25, -0.2) is 0 Å². The van der Waals surface area contributed by atoms with Crippen molar-refractivity contribution in [1.82, 2.24) is 0 Å². The molecule has 1 saturated heterocycles. The number of ketones is 1. The summed E-state index contributed by atoms with van der Waals surface area (Å²) in [6, 6.07) is 10.1. The van der Waals surface area contributed by atoms with E-state index >= 15 is 0 Å². The number of ether oxygens (including phenoxy) is 2. The number of nitrogens with zero attached hydrogens (tertiary/aromatic N) is 1. The number of halogens is 1. The van der Waals surface area contributed by atoms with Crippen LogP contribution in [0.15, 0.2) is 36.5 Å². The van der Waals surface area contributed by atoms with Crippen molar-refractivity contribution in [2.75, 3.05) is 13.2 Å². The van der Waals surface area contributed by atoms with Crippen molar-refractivity contribution in [1.29, 1.82) is 0 Å². The van der Waals surface area contributed by atoms with E-state index in [1.807, 2.05) is 41.1 Å². The molecule has 0 saturated carbocycles. The van der Waals surface area contributed by atoms with Crippen LogP contribution >= 0.6 is 0 Å². The second kappa shape index (κ2) is 6.31. The molecule has 2 heterocycles. The van der Waals surface area contributed by atoms with Gasteiger partial charge in [0.15, 0.2) is 12.0 Å². The number of carbonyl (C=O) groups is 1. The van der Waals surface area contributed by atoms with Crippen LogP contribution in [-0.2, 0) is 20.8 Å². The Kier molecular flexibility index (Phi) is 4.70. The Balaban J connectivity index is 0.00000147. The molecular weight excluding hydrogens is 278 g/mol. The number of Topliss-reactive ketones (excluding diaryl/α,β-unsaturated/α-hetero) is 1. The van der Waals surface area contributed by atoms with E-state index in [0.29, 0.717) is 19.8 Å². The van der Waals surface area contributed by atoms with Crippen molar-refractivity contribution in [2.24, 2.45) is 0 Å². The molecule has 1 aromatic heterocycles. The number of fused-ring (bicyclic) bond motifs is 1. The normalized spacial score (nSPS) is 15.2. The molecule has 0 atom stereocenters. The number of aromatic nitrogens is 1. The zero-order chi connectivity index (χ0) is 13.2. The molecule has 2 aromatic rings. The lowest BCUT2D eigenvalue weighted by Gasteiger charge is -2.09. The minimum Gasteiger partial charge on any atom is -1.00 e. The molecule has 1 aliphatic heterocycles. The highest BCUT2D eigenvalue weighted by Crippen LogP contribution is 2.23. The minimum absolute atomic E-state index is 0. The Morgan fingerprint density at radius 3 is 2.55 bits per heavy atom. The molecule has 3 rings (SSSR count). The SMILES string of the molecule is CC(=O)C[n+]1cc2ccccc2cc1C1OCCO1.[Cl-]. The van der Waals surface area contributed by atoms with E-state index < -0.39 is 0 Å². The van der Waals surface area contributed by atoms with Gasteiger partial charge in [-0.1, -0.05) is 18.2 Å². The third kappa shape index (κ3) is 2.98. The molecular formula is C15H16ClNO3. The Morgan fingerprint density at radius 2 is 1.90 bits per heavy atom. The van der Waals surface area contributed by atoms with Crippen LogP contribution in [0.4, 0.5) is 0 Å². The van der Waals surface area contributed by atoms with Crippen LogP contribution in [-0.4, -0.2) is 19.0 Å². The highest BCUT2D eigenvalue weighted by molar-refractivity contribution is 5.81. The summed E-state index contributed by atoms with van der Waals surface area (Å²) in [7, 11) is 0. The fourth-order valence-electron chi connectivity index (χ4n) is 2.35. The van der Waals surface area contributed by atoms with Crippen molar-refractivity contribution in [2.45, 2.75) is 19.8 Å². The molecule has 0 bridgehead atoms. The van der Waals surface area contributed by atoms with E-state index in [2.05, 4.69) is 0 Å². The maximum atomic E-state index is 11.4. The molecule has 1 aliphatic rings. The second-order valence-corrected chi connectivity index (χ2v) is 4.73. The first kappa shape index (κ1) is 14.9. The number of carbonyl (C=O) groups excluding carboxylic acids is 1. The molecule has 5 heteroatoms. The van der Waals surface area contributed by atoms with Crippen molar-refractivity contribution < 1.29 is 31.2 Å². The molecule has 0 unspecified atom stereocenters. The van der Waals surface area contributed by atoms with E-state index in [9.17, 15) is 4.79 Å². The van der Waals surface area contributed by atoms with Gasteiger partial charge in [0.1, 0.15) is 0 Å². The van der Waals surface area contributed by atoms with Gasteiger partial charge in [0.05, 0.1) is 13.2 Å². The zero-order valence-corrected chi connectivity index (χ0v) is 12.0. The monoisotopic (exact) mass is 293 g/mol. The second-order valence-electron chi connectivity index (χ2n) is 4.73. The molecule has 20 heavy (non-hydrogen) atoms. The van der Waals surface area contributed by atoms with Gasteiger partial charge in [0, 0.05) is 18.4 Å². The van der Waals surface area contributed by atoms with E-state index in [4.69, 9.17) is 9.47 Å².